The lowest BCUT2D eigenvalue weighted by molar-refractivity contribution is -0.143. The Kier molecular flexibility index (Phi) is 3.27. The van der Waals surface area contributed by atoms with Crippen molar-refractivity contribution in [1.82, 2.24) is 9.88 Å². The molecule has 0 radical (unpaired) electrons. The summed E-state index contributed by atoms with van der Waals surface area (Å²) in [5.74, 6) is 1.24. The first-order chi connectivity index (χ1) is 11.2. The lowest BCUT2D eigenvalue weighted by atomic mass is 9.91. The Balaban J connectivity index is 1.76. The number of fused-ring (bicyclic) bond motifs is 2. The topological polar surface area (TPSA) is 61.7 Å². The van der Waals surface area contributed by atoms with Crippen LogP contribution in [-0.4, -0.2) is 30.5 Å². The van der Waals surface area contributed by atoms with E-state index in [1.165, 1.54) is 7.11 Å². The summed E-state index contributed by atoms with van der Waals surface area (Å²) in [6.07, 6.45) is 2.65. The van der Waals surface area contributed by atoms with Crippen LogP contribution in [0.15, 0.2) is 30.5 Å². The summed E-state index contributed by atoms with van der Waals surface area (Å²) in [6, 6.07) is 7.48. The highest BCUT2D eigenvalue weighted by Gasteiger charge is 2.34. The molecular weight excluding hydrogens is 296 g/mol. The van der Waals surface area contributed by atoms with Crippen LogP contribution in [0.2, 0.25) is 0 Å². The quantitative estimate of drug-likeness (QED) is 0.852. The highest BCUT2D eigenvalue weighted by Crippen LogP contribution is 2.38. The van der Waals surface area contributed by atoms with Crippen LogP contribution in [0.25, 0.3) is 0 Å². The minimum absolute atomic E-state index is 0.0997. The number of esters is 1. The van der Waals surface area contributed by atoms with Gasteiger partial charge in [0.2, 0.25) is 6.79 Å². The number of nitrogens with zero attached hydrogens (tertiary/aromatic N) is 1. The first-order valence-corrected chi connectivity index (χ1v) is 7.55. The van der Waals surface area contributed by atoms with Gasteiger partial charge >= 0.3 is 5.97 Å². The minimum atomic E-state index is -0.356. The average Bonchev–Trinajstić information content (AvgIpc) is 3.19. The molecule has 2 aromatic rings. The van der Waals surface area contributed by atoms with Crippen LogP contribution in [0.5, 0.6) is 11.5 Å². The molecule has 0 fully saturated rings. The van der Waals surface area contributed by atoms with E-state index in [4.69, 9.17) is 14.2 Å². The van der Waals surface area contributed by atoms with Crippen LogP contribution in [0, 0.1) is 0 Å². The summed E-state index contributed by atoms with van der Waals surface area (Å²) in [4.78, 5) is 12.0. The summed E-state index contributed by atoms with van der Waals surface area (Å²) in [5.41, 5.74) is 3.35. The van der Waals surface area contributed by atoms with Crippen molar-refractivity contribution in [2.24, 2.45) is 7.05 Å². The van der Waals surface area contributed by atoms with Gasteiger partial charge in [-0.3, -0.25) is 10.1 Å². The van der Waals surface area contributed by atoms with Gasteiger partial charge in [0.15, 0.2) is 11.5 Å². The summed E-state index contributed by atoms with van der Waals surface area (Å²) < 4.78 is 17.9. The van der Waals surface area contributed by atoms with E-state index in [0.29, 0.717) is 6.42 Å². The largest absolute Gasteiger partial charge is 0.468 e. The molecule has 0 saturated heterocycles. The molecule has 6 nitrogen and oxygen atoms in total. The Labute approximate surface area is 134 Å². The van der Waals surface area contributed by atoms with Gasteiger partial charge in [-0.1, -0.05) is 6.07 Å². The third-order valence-corrected chi connectivity index (χ3v) is 4.49. The van der Waals surface area contributed by atoms with Gasteiger partial charge < -0.3 is 18.8 Å². The number of ether oxygens (including phenoxy) is 3. The van der Waals surface area contributed by atoms with E-state index >= 15 is 0 Å². The molecule has 0 saturated carbocycles. The third kappa shape index (κ3) is 2.26. The molecule has 1 aromatic heterocycles. The zero-order valence-corrected chi connectivity index (χ0v) is 13.0. The highest BCUT2D eigenvalue weighted by molar-refractivity contribution is 5.77. The number of hydrogen-bond acceptors (Lipinski definition) is 5. The molecule has 23 heavy (non-hydrogen) atoms. The Morgan fingerprint density at radius 1 is 1.30 bits per heavy atom. The van der Waals surface area contributed by atoms with Crippen LogP contribution < -0.4 is 14.8 Å². The number of carbonyl (C=O) groups excluding carboxylic acids is 1. The molecule has 2 aliphatic rings. The number of aromatic nitrogens is 1. The summed E-state index contributed by atoms with van der Waals surface area (Å²) >= 11 is 0. The van der Waals surface area contributed by atoms with Crippen molar-refractivity contribution in [3.63, 3.8) is 0 Å². The van der Waals surface area contributed by atoms with E-state index < -0.39 is 0 Å². The maximum Gasteiger partial charge on any atom is 0.323 e. The van der Waals surface area contributed by atoms with Crippen molar-refractivity contribution in [3.05, 3.63) is 47.3 Å². The number of methoxy groups -OCH3 is 1. The summed E-state index contributed by atoms with van der Waals surface area (Å²) in [5, 5.41) is 3.40. The van der Waals surface area contributed by atoms with E-state index in [1.807, 2.05) is 31.4 Å². The average molecular weight is 314 g/mol. The fourth-order valence-electron chi connectivity index (χ4n) is 3.35. The Morgan fingerprint density at radius 3 is 2.96 bits per heavy atom. The van der Waals surface area contributed by atoms with Crippen LogP contribution in [-0.2, 0) is 23.0 Å². The lowest BCUT2D eigenvalue weighted by Crippen LogP contribution is -2.46. The molecule has 3 heterocycles. The van der Waals surface area contributed by atoms with Gasteiger partial charge in [-0.05, 0) is 29.3 Å². The van der Waals surface area contributed by atoms with Gasteiger partial charge in [-0.25, -0.2) is 0 Å². The van der Waals surface area contributed by atoms with E-state index in [-0.39, 0.29) is 24.8 Å². The molecule has 0 aliphatic carbocycles. The van der Waals surface area contributed by atoms with Crippen molar-refractivity contribution >= 4 is 5.97 Å². The van der Waals surface area contributed by atoms with Crippen molar-refractivity contribution in [2.75, 3.05) is 13.9 Å². The van der Waals surface area contributed by atoms with Crippen molar-refractivity contribution in [3.8, 4) is 11.5 Å². The Hall–Kier alpha value is -2.47. The number of benzene rings is 1. The Morgan fingerprint density at radius 2 is 2.13 bits per heavy atom. The number of nitrogens with one attached hydrogen (secondary N) is 1. The fraction of sp³-hybridized carbons (Fsp3) is 0.353. The van der Waals surface area contributed by atoms with E-state index in [2.05, 4.69) is 16.0 Å². The number of aryl methyl sites for hydroxylation is 1. The fourth-order valence-corrected chi connectivity index (χ4v) is 3.35. The first-order valence-electron chi connectivity index (χ1n) is 7.55. The second-order valence-electron chi connectivity index (χ2n) is 5.83. The smallest absolute Gasteiger partial charge is 0.323 e. The predicted octanol–water partition coefficient (Wildman–Crippen LogP) is 1.53. The SMILES string of the molecule is COC(=O)[C@H]1Cc2ccn(C)c2[C@@H](c2ccc3c(c2)OCO3)N1. The van der Waals surface area contributed by atoms with Gasteiger partial charge in [0, 0.05) is 25.4 Å². The molecular formula is C17H18N2O4. The van der Waals surface area contributed by atoms with Crippen molar-refractivity contribution < 1.29 is 19.0 Å². The van der Waals surface area contributed by atoms with Gasteiger partial charge in [0.1, 0.15) is 6.04 Å². The monoisotopic (exact) mass is 314 g/mol. The maximum atomic E-state index is 12.0. The predicted molar refractivity (Wildman–Crippen MR) is 82.5 cm³/mol. The standard InChI is InChI=1S/C17H18N2O4/c1-19-6-5-11-7-12(17(20)21-2)18-15(16(11)19)10-3-4-13-14(8-10)23-9-22-13/h3-6,8,12,15,18H,7,9H2,1-2H3/t12-,15-/m1/s1. The molecule has 120 valence electrons. The van der Waals surface area contributed by atoms with E-state index in [0.717, 1.165) is 28.3 Å². The number of carbonyl (C=O) groups is 1. The molecule has 2 atom stereocenters. The van der Waals surface area contributed by atoms with Crippen LogP contribution in [0.3, 0.4) is 0 Å². The number of rotatable bonds is 2. The first kappa shape index (κ1) is 14.1. The van der Waals surface area contributed by atoms with Crippen LogP contribution in [0.1, 0.15) is 22.9 Å². The zero-order chi connectivity index (χ0) is 16.0. The van der Waals surface area contributed by atoms with Crippen molar-refractivity contribution in [2.45, 2.75) is 18.5 Å². The zero-order valence-electron chi connectivity index (χ0n) is 13.0. The molecule has 0 bridgehead atoms. The molecule has 0 unspecified atom stereocenters. The van der Waals surface area contributed by atoms with Gasteiger partial charge in [-0.15, -0.1) is 0 Å². The normalized spacial score (nSPS) is 21.8. The third-order valence-electron chi connectivity index (χ3n) is 4.49. The van der Waals surface area contributed by atoms with Crippen LogP contribution >= 0.6 is 0 Å². The number of hydrogen-bond donors (Lipinski definition) is 1. The molecule has 4 rings (SSSR count). The maximum absolute atomic E-state index is 12.0. The van der Waals surface area contributed by atoms with E-state index in [1.54, 1.807) is 0 Å². The van der Waals surface area contributed by atoms with Crippen LogP contribution in [0.4, 0.5) is 0 Å². The molecule has 1 aromatic carbocycles. The summed E-state index contributed by atoms with van der Waals surface area (Å²) in [7, 11) is 3.43. The molecule has 0 spiro atoms. The molecule has 2 aliphatic heterocycles. The molecule has 1 N–H and O–H groups in total. The lowest BCUT2D eigenvalue weighted by Gasteiger charge is -2.31. The second kappa shape index (κ2) is 5.31. The highest BCUT2D eigenvalue weighted by atomic mass is 16.7. The van der Waals surface area contributed by atoms with Gasteiger partial charge in [0.05, 0.1) is 13.2 Å². The minimum Gasteiger partial charge on any atom is -0.468 e. The van der Waals surface area contributed by atoms with Gasteiger partial charge in [0.25, 0.3) is 0 Å². The molecule has 6 heteroatoms. The Bertz CT molecular complexity index is 768. The second-order valence-corrected chi connectivity index (χ2v) is 5.83. The van der Waals surface area contributed by atoms with Gasteiger partial charge in [-0.2, -0.15) is 0 Å². The van der Waals surface area contributed by atoms with Crippen molar-refractivity contribution in [1.29, 1.82) is 0 Å². The van der Waals surface area contributed by atoms with E-state index in [9.17, 15) is 4.79 Å². The molecule has 0 amide bonds. The summed E-state index contributed by atoms with van der Waals surface area (Å²) in [6.45, 7) is 0.247.